The number of ether oxygens (including phenoxy) is 1. The van der Waals surface area contributed by atoms with Crippen LogP contribution < -0.4 is 26.0 Å². The summed E-state index contributed by atoms with van der Waals surface area (Å²) in [5, 5.41) is 2.60. The van der Waals surface area contributed by atoms with Crippen molar-refractivity contribution in [2.75, 3.05) is 0 Å². The molecule has 0 aliphatic heterocycles. The second kappa shape index (κ2) is 13.6. The summed E-state index contributed by atoms with van der Waals surface area (Å²) in [4.78, 5) is 0. The predicted molar refractivity (Wildman–Crippen MR) is 179 cm³/mol. The number of hydrogen-bond donors (Lipinski definition) is 0. The molecule has 1 nitrogen and oxygen atoms in total. The van der Waals surface area contributed by atoms with Gasteiger partial charge in [-0.2, -0.15) is 0 Å². The molecule has 0 N–H and O–H groups in total. The lowest BCUT2D eigenvalue weighted by molar-refractivity contribution is 0.482. The van der Waals surface area contributed by atoms with Gasteiger partial charge in [-0.25, -0.2) is 0 Å². The van der Waals surface area contributed by atoms with Gasteiger partial charge >= 0.3 is 0 Å². The molecule has 0 fully saturated rings. The third-order valence-corrected chi connectivity index (χ3v) is 11.2. The van der Waals surface area contributed by atoms with E-state index in [1.807, 2.05) is 48.5 Å². The molecule has 0 atom stereocenters. The average Bonchev–Trinajstić information content (AvgIpc) is 3.11. The van der Waals surface area contributed by atoms with Crippen LogP contribution in [0.15, 0.2) is 170 Å². The molecule has 6 aromatic rings. The molecular weight excluding hydrogens is 534 g/mol. The normalized spacial score (nSPS) is 15.2. The second-order valence-corrected chi connectivity index (χ2v) is 13.5. The Kier molecular flexibility index (Phi) is 5.43. The highest BCUT2D eigenvalue weighted by Gasteiger charge is 2.16. The lowest BCUT2D eigenvalue weighted by Crippen LogP contribution is -2.13. The molecule has 0 heterocycles. The van der Waals surface area contributed by atoms with E-state index in [1.165, 1.54) is 0 Å². The molecule has 0 bridgehead atoms. The Balaban J connectivity index is 1.30. The van der Waals surface area contributed by atoms with Crippen LogP contribution in [0.1, 0.15) is 27.6 Å². The summed E-state index contributed by atoms with van der Waals surface area (Å²) in [7, 11) is -2.68. The molecule has 3 heteroatoms. The van der Waals surface area contributed by atoms with Crippen molar-refractivity contribution in [2.24, 2.45) is 0 Å². The minimum Gasteiger partial charge on any atom is -0.457 e. The SMILES string of the molecule is [2H]c1cc(P(Cc2cccc(Oc3cccc(CP(c4cc([2H])c([2H])c([2H])c4)c4cc([2H])c([2H])c([2H])c4)c3)c2)c2cc([2H])c([2H])c([2H])c2)cc([2H])c1[2H]. The van der Waals surface area contributed by atoms with E-state index < -0.39 is 15.8 Å². The van der Waals surface area contributed by atoms with Crippen LogP contribution in [-0.4, -0.2) is 0 Å². The van der Waals surface area contributed by atoms with Crippen molar-refractivity contribution in [1.82, 2.24) is 0 Å². The van der Waals surface area contributed by atoms with Gasteiger partial charge in [-0.05, 0) is 72.5 Å². The summed E-state index contributed by atoms with van der Waals surface area (Å²) < 4.78 is 104. The molecule has 0 amide bonds. The van der Waals surface area contributed by atoms with Gasteiger partial charge in [-0.3, -0.25) is 0 Å². The molecule has 0 unspecified atom stereocenters. The van der Waals surface area contributed by atoms with Crippen molar-refractivity contribution in [3.63, 3.8) is 0 Å². The minimum atomic E-state index is -1.34. The molecule has 0 saturated carbocycles. The van der Waals surface area contributed by atoms with Crippen LogP contribution in [-0.2, 0) is 12.3 Å². The minimum absolute atomic E-state index is 0.0858. The smallest absolute Gasteiger partial charge is 0.127 e. The third kappa shape index (κ3) is 7.20. The fraction of sp³-hybridized carbons (Fsp3) is 0.0526. The second-order valence-electron chi connectivity index (χ2n) is 9.08. The largest absolute Gasteiger partial charge is 0.457 e. The summed E-state index contributed by atoms with van der Waals surface area (Å²) in [6, 6.07) is 26.0. The molecule has 0 aromatic heterocycles. The highest BCUT2D eigenvalue weighted by Crippen LogP contribution is 2.40. The van der Waals surface area contributed by atoms with Gasteiger partial charge < -0.3 is 4.74 Å². The maximum Gasteiger partial charge on any atom is 0.127 e. The van der Waals surface area contributed by atoms with Crippen LogP contribution >= 0.6 is 15.8 Å². The van der Waals surface area contributed by atoms with Crippen LogP contribution in [0.4, 0.5) is 0 Å². The van der Waals surface area contributed by atoms with Crippen LogP contribution in [0.5, 0.6) is 11.5 Å². The Morgan fingerprint density at radius 2 is 0.732 bits per heavy atom. The van der Waals surface area contributed by atoms with E-state index in [9.17, 15) is 0 Å². The Bertz CT molecular complexity index is 1980. The van der Waals surface area contributed by atoms with E-state index >= 15 is 0 Å². The molecule has 0 aliphatic rings. The molecule has 0 radical (unpaired) electrons. The first kappa shape index (κ1) is 16.4. The van der Waals surface area contributed by atoms with Crippen molar-refractivity contribution in [1.29, 1.82) is 0 Å². The van der Waals surface area contributed by atoms with E-state index in [-0.39, 0.29) is 72.5 Å². The van der Waals surface area contributed by atoms with E-state index in [1.54, 1.807) is 48.5 Å². The Labute approximate surface area is 262 Å². The average molecular weight is 579 g/mol. The molecule has 41 heavy (non-hydrogen) atoms. The van der Waals surface area contributed by atoms with Crippen molar-refractivity contribution < 1.29 is 21.2 Å². The van der Waals surface area contributed by atoms with Gasteiger partial charge in [-0.1, -0.05) is 145 Å². The Morgan fingerprint density at radius 3 is 1.05 bits per heavy atom. The highest BCUT2D eigenvalue weighted by atomic mass is 31.1. The van der Waals surface area contributed by atoms with Gasteiger partial charge in [0, 0.05) is 12.3 Å². The van der Waals surface area contributed by atoms with Gasteiger partial charge in [0.15, 0.2) is 0 Å². The zero-order valence-corrected chi connectivity index (χ0v) is 23.7. The van der Waals surface area contributed by atoms with Gasteiger partial charge in [0.2, 0.25) is 0 Å². The lowest BCUT2D eigenvalue weighted by Gasteiger charge is -2.20. The van der Waals surface area contributed by atoms with Crippen molar-refractivity contribution in [3.8, 4) is 11.5 Å². The van der Waals surface area contributed by atoms with Gasteiger partial charge in [-0.15, -0.1) is 0 Å². The molecule has 6 rings (SSSR count). The topological polar surface area (TPSA) is 9.23 Å². The Morgan fingerprint density at radius 1 is 0.415 bits per heavy atom. The molecular formula is C38H32OP2. The van der Waals surface area contributed by atoms with Crippen LogP contribution in [0.25, 0.3) is 0 Å². The first-order chi connectivity index (χ1) is 25.2. The highest BCUT2D eigenvalue weighted by molar-refractivity contribution is 7.72. The van der Waals surface area contributed by atoms with E-state index in [2.05, 4.69) is 0 Å². The number of rotatable bonds is 10. The van der Waals surface area contributed by atoms with Crippen LogP contribution in [0, 0.1) is 0 Å². The van der Waals surface area contributed by atoms with Gasteiger partial charge in [0.05, 0.1) is 16.4 Å². The van der Waals surface area contributed by atoms with E-state index in [4.69, 9.17) is 21.2 Å². The van der Waals surface area contributed by atoms with Crippen molar-refractivity contribution in [2.45, 2.75) is 12.3 Å². The Hall–Kier alpha value is -4.02. The fourth-order valence-electron chi connectivity index (χ4n) is 4.42. The summed E-state index contributed by atoms with van der Waals surface area (Å²) in [6.45, 7) is 0. The molecule has 0 aliphatic carbocycles. The third-order valence-electron chi connectivity index (χ3n) is 6.30. The summed E-state index contributed by atoms with van der Waals surface area (Å²) in [6.07, 6.45) is 0.840. The number of hydrogen-bond acceptors (Lipinski definition) is 1. The predicted octanol–water partition coefficient (Wildman–Crippen LogP) is 8.74. The summed E-state index contributed by atoms with van der Waals surface area (Å²) in [5.41, 5.74) is 1.72. The summed E-state index contributed by atoms with van der Waals surface area (Å²) >= 11 is 0. The summed E-state index contributed by atoms with van der Waals surface area (Å²) in [5.74, 6) is 1.08. The zero-order valence-electron chi connectivity index (χ0n) is 34.0. The fourth-order valence-corrected chi connectivity index (χ4v) is 8.63. The maximum absolute atomic E-state index is 8.26. The van der Waals surface area contributed by atoms with Gasteiger partial charge in [0.1, 0.15) is 11.5 Å². The molecule has 6 aromatic carbocycles. The van der Waals surface area contributed by atoms with Crippen molar-refractivity contribution in [3.05, 3.63) is 181 Å². The zero-order chi connectivity index (χ0) is 38.1. The van der Waals surface area contributed by atoms with E-state index in [0.29, 0.717) is 45.0 Å². The molecule has 200 valence electrons. The monoisotopic (exact) mass is 578 g/mol. The first-order valence-electron chi connectivity index (χ1n) is 18.9. The lowest BCUT2D eigenvalue weighted by atomic mass is 10.2. The standard InChI is InChI=1S/C38H32OP2/c1-5-19-35(20-6-1)40(36-21-7-2-8-22-36)29-31-15-13-17-33(27-31)39-34-18-14-16-32(28-34)30-41(37-23-9-3-10-24-37)38-25-11-4-12-26-38/h1-28H,29-30H2/i1D,2D,3D,4D,5D,6D,7D,8D,9D,10D,11D,12D. The van der Waals surface area contributed by atoms with Crippen LogP contribution in [0.2, 0.25) is 0 Å². The maximum atomic E-state index is 8.26. The van der Waals surface area contributed by atoms with Gasteiger partial charge in [0.25, 0.3) is 0 Å². The van der Waals surface area contributed by atoms with E-state index in [0.717, 1.165) is 11.1 Å². The van der Waals surface area contributed by atoms with Crippen molar-refractivity contribution >= 4 is 37.1 Å². The first-order valence-corrected chi connectivity index (χ1v) is 16.0. The van der Waals surface area contributed by atoms with Crippen LogP contribution in [0.3, 0.4) is 0 Å². The quantitative estimate of drug-likeness (QED) is 0.148. The number of benzene rings is 6. The molecule has 0 saturated heterocycles. The molecule has 0 spiro atoms.